The Labute approximate surface area is 203 Å². The summed E-state index contributed by atoms with van der Waals surface area (Å²) in [4.78, 5) is 16.5. The molecule has 0 saturated heterocycles. The third-order valence-corrected chi connectivity index (χ3v) is 6.93. The minimum Gasteiger partial charge on any atom is -0.487 e. The van der Waals surface area contributed by atoms with Gasteiger partial charge in [-0.3, -0.25) is 9.79 Å². The van der Waals surface area contributed by atoms with Crippen LogP contribution < -0.4 is 20.7 Å². The Kier molecular flexibility index (Phi) is 8.86. The lowest BCUT2D eigenvalue weighted by molar-refractivity contribution is -0.121. The molecule has 1 spiro atoms. The van der Waals surface area contributed by atoms with E-state index in [1.165, 1.54) is 44.1 Å². The van der Waals surface area contributed by atoms with E-state index in [0.717, 1.165) is 31.0 Å². The van der Waals surface area contributed by atoms with Crippen molar-refractivity contribution in [2.24, 2.45) is 10.9 Å². The number of carbonyl (C=O) groups excluding carboxylic acids is 1. The van der Waals surface area contributed by atoms with Crippen molar-refractivity contribution in [3.63, 3.8) is 0 Å². The number of hydrogen-bond donors (Lipinski definition) is 3. The molecule has 1 aliphatic heterocycles. The number of carbonyl (C=O) groups is 1. The van der Waals surface area contributed by atoms with Crippen LogP contribution in [-0.4, -0.2) is 37.6 Å². The highest BCUT2D eigenvalue weighted by atomic mass is 127. The highest BCUT2D eigenvalue weighted by molar-refractivity contribution is 14.0. The van der Waals surface area contributed by atoms with E-state index >= 15 is 0 Å². The maximum absolute atomic E-state index is 12.1. The quantitative estimate of drug-likeness (QED) is 0.218. The Bertz CT molecular complexity index is 758. The summed E-state index contributed by atoms with van der Waals surface area (Å²) in [7, 11) is 1.80. The van der Waals surface area contributed by atoms with Crippen LogP contribution in [0.4, 0.5) is 0 Å². The van der Waals surface area contributed by atoms with Crippen LogP contribution in [0.2, 0.25) is 0 Å². The zero-order valence-electron chi connectivity index (χ0n) is 18.6. The van der Waals surface area contributed by atoms with Crippen molar-refractivity contribution in [3.8, 4) is 5.75 Å². The first-order valence-corrected chi connectivity index (χ1v) is 11.7. The van der Waals surface area contributed by atoms with Gasteiger partial charge >= 0.3 is 0 Å². The van der Waals surface area contributed by atoms with Gasteiger partial charge in [0.2, 0.25) is 5.91 Å². The number of rotatable bonds is 6. The molecule has 2 fully saturated rings. The van der Waals surface area contributed by atoms with Crippen molar-refractivity contribution in [3.05, 3.63) is 29.8 Å². The molecule has 6 nitrogen and oxygen atoms in total. The Hall–Kier alpha value is -1.51. The van der Waals surface area contributed by atoms with E-state index < -0.39 is 0 Å². The minimum absolute atomic E-state index is 0. The van der Waals surface area contributed by atoms with Gasteiger partial charge in [0.05, 0.1) is 6.04 Å². The number of nitrogens with zero attached hydrogens (tertiary/aromatic N) is 1. The molecule has 3 aliphatic rings. The van der Waals surface area contributed by atoms with E-state index in [2.05, 4.69) is 39.1 Å². The lowest BCUT2D eigenvalue weighted by atomic mass is 9.86. The molecule has 7 heteroatoms. The van der Waals surface area contributed by atoms with Gasteiger partial charge in [0, 0.05) is 38.5 Å². The molecule has 31 heavy (non-hydrogen) atoms. The topological polar surface area (TPSA) is 74.8 Å². The Morgan fingerprint density at radius 1 is 1.10 bits per heavy atom. The average Bonchev–Trinajstić information content (AvgIpc) is 3.42. The Morgan fingerprint density at radius 2 is 1.81 bits per heavy atom. The number of aliphatic imine (C=N–C) groups is 1. The van der Waals surface area contributed by atoms with Crippen LogP contribution in [0.3, 0.4) is 0 Å². The first kappa shape index (κ1) is 24.1. The van der Waals surface area contributed by atoms with E-state index in [4.69, 9.17) is 4.74 Å². The molecule has 1 heterocycles. The number of halogens is 1. The highest BCUT2D eigenvalue weighted by Crippen LogP contribution is 2.46. The number of ether oxygens (including phenoxy) is 1. The fourth-order valence-electron chi connectivity index (χ4n) is 5.36. The predicted octanol–water partition coefficient (Wildman–Crippen LogP) is 4.30. The van der Waals surface area contributed by atoms with E-state index in [1.54, 1.807) is 7.05 Å². The normalized spacial score (nSPS) is 22.4. The molecule has 1 unspecified atom stereocenters. The summed E-state index contributed by atoms with van der Waals surface area (Å²) < 4.78 is 6.46. The SMILES string of the molecule is CN=C(NCCNC(=O)CC1CCCC1)NC1CC2(CCCC2)Oc2ccccc21.I. The number of para-hydroxylation sites is 1. The van der Waals surface area contributed by atoms with Crippen molar-refractivity contribution < 1.29 is 9.53 Å². The Balaban J connectivity index is 0.00000272. The summed E-state index contributed by atoms with van der Waals surface area (Å²) >= 11 is 0. The number of guanidine groups is 1. The van der Waals surface area contributed by atoms with Gasteiger partial charge in [-0.15, -0.1) is 24.0 Å². The van der Waals surface area contributed by atoms with Gasteiger partial charge in [-0.2, -0.15) is 0 Å². The molecule has 1 atom stereocenters. The number of benzene rings is 1. The standard InChI is InChI=1S/C24H36N4O2.HI/c1-25-23(27-15-14-26-22(29)16-18-8-2-3-9-18)28-20-17-24(12-6-7-13-24)30-21-11-5-4-10-19(20)21;/h4-5,10-11,18,20H,2-3,6-9,12-17H2,1H3,(H,26,29)(H2,25,27,28);1H. The van der Waals surface area contributed by atoms with Crippen LogP contribution in [0, 0.1) is 5.92 Å². The number of nitrogens with one attached hydrogen (secondary N) is 3. The zero-order valence-corrected chi connectivity index (χ0v) is 21.0. The third-order valence-electron chi connectivity index (χ3n) is 6.93. The maximum atomic E-state index is 12.1. The smallest absolute Gasteiger partial charge is 0.220 e. The summed E-state index contributed by atoms with van der Waals surface area (Å²) in [5.74, 6) is 2.53. The summed E-state index contributed by atoms with van der Waals surface area (Å²) in [5.41, 5.74) is 1.15. The summed E-state index contributed by atoms with van der Waals surface area (Å²) in [6, 6.07) is 8.52. The Morgan fingerprint density at radius 3 is 2.55 bits per heavy atom. The molecule has 1 aromatic carbocycles. The number of amides is 1. The molecule has 0 radical (unpaired) electrons. The zero-order chi connectivity index (χ0) is 20.8. The molecule has 2 aliphatic carbocycles. The van der Waals surface area contributed by atoms with Gasteiger partial charge < -0.3 is 20.7 Å². The van der Waals surface area contributed by atoms with E-state index in [0.29, 0.717) is 25.4 Å². The highest BCUT2D eigenvalue weighted by Gasteiger charge is 2.43. The second-order valence-electron chi connectivity index (χ2n) is 9.13. The summed E-state index contributed by atoms with van der Waals surface area (Å²) in [5, 5.41) is 10.0. The fourth-order valence-corrected chi connectivity index (χ4v) is 5.36. The fraction of sp³-hybridized carbons (Fsp3) is 0.667. The second kappa shape index (κ2) is 11.4. The molecule has 3 N–H and O–H groups in total. The molecule has 0 aromatic heterocycles. The van der Waals surface area contributed by atoms with Crippen LogP contribution in [0.25, 0.3) is 0 Å². The van der Waals surface area contributed by atoms with Crippen LogP contribution in [-0.2, 0) is 4.79 Å². The van der Waals surface area contributed by atoms with Crippen LogP contribution in [0.15, 0.2) is 29.3 Å². The largest absolute Gasteiger partial charge is 0.487 e. The van der Waals surface area contributed by atoms with Gasteiger partial charge in [-0.25, -0.2) is 0 Å². The van der Waals surface area contributed by atoms with Crippen LogP contribution in [0.1, 0.15) is 75.8 Å². The van der Waals surface area contributed by atoms with Gasteiger partial charge in [0.1, 0.15) is 11.4 Å². The molecule has 0 bridgehead atoms. The second-order valence-corrected chi connectivity index (χ2v) is 9.13. The summed E-state index contributed by atoms with van der Waals surface area (Å²) in [6.45, 7) is 1.27. The van der Waals surface area contributed by atoms with Gasteiger partial charge in [0.15, 0.2) is 5.96 Å². The molecule has 1 amide bonds. The van der Waals surface area contributed by atoms with E-state index in [9.17, 15) is 4.79 Å². The lowest BCUT2D eigenvalue weighted by Gasteiger charge is -2.40. The molecular weight excluding hydrogens is 503 g/mol. The molecule has 4 rings (SSSR count). The van der Waals surface area contributed by atoms with Gasteiger partial charge in [-0.1, -0.05) is 31.0 Å². The van der Waals surface area contributed by atoms with Gasteiger partial charge in [0.25, 0.3) is 0 Å². The first-order valence-electron chi connectivity index (χ1n) is 11.7. The lowest BCUT2D eigenvalue weighted by Crippen LogP contribution is -2.47. The number of fused-ring (bicyclic) bond motifs is 1. The van der Waals surface area contributed by atoms with Crippen molar-refractivity contribution >= 4 is 35.8 Å². The van der Waals surface area contributed by atoms with Crippen molar-refractivity contribution in [1.82, 2.24) is 16.0 Å². The van der Waals surface area contributed by atoms with Crippen molar-refractivity contribution in [2.45, 2.75) is 75.9 Å². The van der Waals surface area contributed by atoms with Crippen molar-refractivity contribution in [1.29, 1.82) is 0 Å². The minimum atomic E-state index is -0.0426. The van der Waals surface area contributed by atoms with Crippen LogP contribution >= 0.6 is 24.0 Å². The number of hydrogen-bond acceptors (Lipinski definition) is 3. The first-order chi connectivity index (χ1) is 14.7. The third kappa shape index (κ3) is 6.26. The van der Waals surface area contributed by atoms with E-state index in [-0.39, 0.29) is 41.5 Å². The molecule has 172 valence electrons. The maximum Gasteiger partial charge on any atom is 0.220 e. The predicted molar refractivity (Wildman–Crippen MR) is 135 cm³/mol. The van der Waals surface area contributed by atoms with Gasteiger partial charge in [-0.05, 0) is 50.5 Å². The van der Waals surface area contributed by atoms with Crippen molar-refractivity contribution in [2.75, 3.05) is 20.1 Å². The monoisotopic (exact) mass is 540 g/mol. The van der Waals surface area contributed by atoms with Crippen LogP contribution in [0.5, 0.6) is 5.75 Å². The average molecular weight is 540 g/mol. The summed E-state index contributed by atoms with van der Waals surface area (Å²) in [6.07, 6.45) is 11.3. The molecule has 1 aromatic rings. The van der Waals surface area contributed by atoms with E-state index in [1.807, 2.05) is 6.07 Å². The molecule has 2 saturated carbocycles. The molecular formula is C24H37IN4O2.